The molecule has 0 aromatic carbocycles. The third-order valence-corrected chi connectivity index (χ3v) is 4.45. The SMILES string of the molecule is CCC(Cl)C(Cl)C(O)CCC(Cl)(Cl)CCO. The molecule has 0 aromatic heterocycles. The Morgan fingerprint density at radius 2 is 1.75 bits per heavy atom. The summed E-state index contributed by atoms with van der Waals surface area (Å²) in [5.74, 6) is 0. The molecular weight excluding hydrogens is 294 g/mol. The molecule has 0 aliphatic rings. The molecule has 0 fully saturated rings. The fourth-order valence-corrected chi connectivity index (χ4v) is 2.13. The van der Waals surface area contributed by atoms with Crippen LogP contribution in [0.15, 0.2) is 0 Å². The van der Waals surface area contributed by atoms with Crippen molar-refractivity contribution in [3.63, 3.8) is 0 Å². The summed E-state index contributed by atoms with van der Waals surface area (Å²) in [4.78, 5) is 0. The van der Waals surface area contributed by atoms with Crippen LogP contribution >= 0.6 is 46.4 Å². The van der Waals surface area contributed by atoms with E-state index in [9.17, 15) is 5.11 Å². The maximum atomic E-state index is 9.75. The quantitative estimate of drug-likeness (QED) is 0.675. The van der Waals surface area contributed by atoms with Gasteiger partial charge in [0.1, 0.15) is 4.33 Å². The third kappa shape index (κ3) is 6.73. The summed E-state index contributed by atoms with van der Waals surface area (Å²) in [7, 11) is 0. The zero-order valence-electron chi connectivity index (χ0n) is 9.17. The van der Waals surface area contributed by atoms with Crippen molar-refractivity contribution >= 4 is 46.4 Å². The smallest absolute Gasteiger partial charge is 0.120 e. The predicted molar refractivity (Wildman–Crippen MR) is 71.0 cm³/mol. The molecule has 0 bridgehead atoms. The third-order valence-electron chi connectivity index (χ3n) is 2.39. The first-order valence-corrected chi connectivity index (χ1v) is 6.92. The normalized spacial score (nSPS) is 18.2. The fraction of sp³-hybridized carbons (Fsp3) is 1.00. The largest absolute Gasteiger partial charge is 0.396 e. The van der Waals surface area contributed by atoms with Crippen LogP contribution in [0.3, 0.4) is 0 Å². The Hall–Kier alpha value is 1.08. The number of rotatable bonds is 8. The van der Waals surface area contributed by atoms with Gasteiger partial charge in [-0.1, -0.05) is 6.92 Å². The molecule has 6 heteroatoms. The maximum absolute atomic E-state index is 9.75. The van der Waals surface area contributed by atoms with Crippen molar-refractivity contribution in [3.05, 3.63) is 0 Å². The van der Waals surface area contributed by atoms with Crippen LogP contribution in [-0.4, -0.2) is 38.0 Å². The van der Waals surface area contributed by atoms with Crippen LogP contribution in [0.5, 0.6) is 0 Å². The molecule has 0 saturated heterocycles. The zero-order valence-corrected chi connectivity index (χ0v) is 12.2. The first-order valence-electron chi connectivity index (χ1n) is 5.29. The van der Waals surface area contributed by atoms with Crippen molar-refractivity contribution in [1.29, 1.82) is 0 Å². The average molecular weight is 312 g/mol. The second-order valence-corrected chi connectivity index (χ2v) is 6.51. The fourth-order valence-electron chi connectivity index (χ4n) is 1.27. The van der Waals surface area contributed by atoms with Crippen molar-refractivity contribution in [2.24, 2.45) is 0 Å². The molecule has 2 N–H and O–H groups in total. The molecule has 0 saturated carbocycles. The summed E-state index contributed by atoms with van der Waals surface area (Å²) in [6.45, 7) is 1.82. The van der Waals surface area contributed by atoms with Gasteiger partial charge in [0.05, 0.1) is 16.9 Å². The van der Waals surface area contributed by atoms with E-state index in [0.717, 1.165) is 0 Å². The molecule has 3 unspecified atom stereocenters. The van der Waals surface area contributed by atoms with Crippen LogP contribution in [0.1, 0.15) is 32.6 Å². The van der Waals surface area contributed by atoms with Gasteiger partial charge < -0.3 is 10.2 Å². The summed E-state index contributed by atoms with van der Waals surface area (Å²) in [5.41, 5.74) is 0. The van der Waals surface area contributed by atoms with Crippen LogP contribution in [-0.2, 0) is 0 Å². The van der Waals surface area contributed by atoms with Crippen LogP contribution in [0.2, 0.25) is 0 Å². The van der Waals surface area contributed by atoms with Gasteiger partial charge in [-0.2, -0.15) is 0 Å². The molecule has 98 valence electrons. The van der Waals surface area contributed by atoms with Crippen LogP contribution in [0.4, 0.5) is 0 Å². The molecule has 0 amide bonds. The Labute approximate surface area is 117 Å². The summed E-state index contributed by atoms with van der Waals surface area (Å²) in [6, 6.07) is 0. The molecule has 0 spiro atoms. The molecule has 0 aliphatic heterocycles. The van der Waals surface area contributed by atoms with E-state index in [1.807, 2.05) is 6.92 Å². The molecule has 0 aliphatic carbocycles. The first-order chi connectivity index (χ1) is 7.34. The second-order valence-electron chi connectivity index (χ2n) is 3.80. The van der Waals surface area contributed by atoms with E-state index in [0.29, 0.717) is 19.3 Å². The van der Waals surface area contributed by atoms with Gasteiger partial charge in [-0.05, 0) is 19.3 Å². The van der Waals surface area contributed by atoms with Gasteiger partial charge in [-0.3, -0.25) is 0 Å². The minimum absolute atomic E-state index is 0.0828. The van der Waals surface area contributed by atoms with Crippen molar-refractivity contribution in [3.8, 4) is 0 Å². The van der Waals surface area contributed by atoms with Gasteiger partial charge in [0.25, 0.3) is 0 Å². The van der Waals surface area contributed by atoms with Crippen LogP contribution in [0.25, 0.3) is 0 Å². The highest BCUT2D eigenvalue weighted by Gasteiger charge is 2.28. The number of alkyl halides is 4. The Bertz CT molecular complexity index is 190. The van der Waals surface area contributed by atoms with Gasteiger partial charge in [0.2, 0.25) is 0 Å². The highest BCUT2D eigenvalue weighted by atomic mass is 35.5. The van der Waals surface area contributed by atoms with E-state index in [-0.39, 0.29) is 18.4 Å². The van der Waals surface area contributed by atoms with E-state index < -0.39 is 15.8 Å². The summed E-state index contributed by atoms with van der Waals surface area (Å²) >= 11 is 23.7. The average Bonchev–Trinajstić information content (AvgIpc) is 2.23. The Balaban J connectivity index is 4.01. The van der Waals surface area contributed by atoms with Crippen molar-refractivity contribution in [2.75, 3.05) is 6.61 Å². The Morgan fingerprint density at radius 1 is 1.19 bits per heavy atom. The highest BCUT2D eigenvalue weighted by molar-refractivity contribution is 6.48. The summed E-state index contributed by atoms with van der Waals surface area (Å²) < 4.78 is -1.01. The van der Waals surface area contributed by atoms with Crippen molar-refractivity contribution in [2.45, 2.75) is 53.8 Å². The number of halogens is 4. The Morgan fingerprint density at radius 3 is 2.19 bits per heavy atom. The zero-order chi connectivity index (χ0) is 12.8. The number of aliphatic hydroxyl groups excluding tert-OH is 2. The minimum atomic E-state index is -1.01. The molecular formula is C10H18Cl4O2. The topological polar surface area (TPSA) is 40.5 Å². The van der Waals surface area contributed by atoms with E-state index in [1.54, 1.807) is 0 Å². The van der Waals surface area contributed by atoms with Gasteiger partial charge in [0.15, 0.2) is 0 Å². The van der Waals surface area contributed by atoms with Crippen LogP contribution in [0, 0.1) is 0 Å². The molecule has 0 rings (SSSR count). The van der Waals surface area contributed by atoms with Crippen molar-refractivity contribution in [1.82, 2.24) is 0 Å². The maximum Gasteiger partial charge on any atom is 0.120 e. The van der Waals surface area contributed by atoms with Gasteiger partial charge in [-0.15, -0.1) is 46.4 Å². The summed E-state index contributed by atoms with van der Waals surface area (Å²) in [5, 5.41) is 17.7. The number of hydrogen-bond acceptors (Lipinski definition) is 2. The predicted octanol–water partition coefficient (Wildman–Crippen LogP) is 3.31. The standard InChI is InChI=1S/C10H18Cl4O2/c1-2-7(11)9(12)8(16)3-4-10(13,14)5-6-15/h7-9,15-16H,2-6H2,1H3. The first kappa shape index (κ1) is 17.1. The van der Waals surface area contributed by atoms with Crippen LogP contribution < -0.4 is 0 Å². The Kier molecular flexibility index (Phi) is 8.78. The van der Waals surface area contributed by atoms with E-state index in [1.165, 1.54) is 0 Å². The summed E-state index contributed by atoms with van der Waals surface area (Å²) in [6.07, 6.45) is 0.961. The lowest BCUT2D eigenvalue weighted by Crippen LogP contribution is -2.31. The van der Waals surface area contributed by atoms with E-state index in [2.05, 4.69) is 0 Å². The number of aliphatic hydroxyl groups is 2. The lowest BCUT2D eigenvalue weighted by molar-refractivity contribution is 0.150. The molecule has 0 radical (unpaired) electrons. The minimum Gasteiger partial charge on any atom is -0.396 e. The van der Waals surface area contributed by atoms with Gasteiger partial charge >= 0.3 is 0 Å². The van der Waals surface area contributed by atoms with E-state index in [4.69, 9.17) is 51.5 Å². The monoisotopic (exact) mass is 310 g/mol. The molecule has 2 nitrogen and oxygen atoms in total. The molecule has 3 atom stereocenters. The van der Waals surface area contributed by atoms with Gasteiger partial charge in [0, 0.05) is 13.0 Å². The molecule has 0 aromatic rings. The molecule has 0 heterocycles. The van der Waals surface area contributed by atoms with Gasteiger partial charge in [-0.25, -0.2) is 0 Å². The molecule has 16 heavy (non-hydrogen) atoms. The lowest BCUT2D eigenvalue weighted by atomic mass is 10.0. The lowest BCUT2D eigenvalue weighted by Gasteiger charge is -2.24. The number of hydrogen-bond donors (Lipinski definition) is 2. The van der Waals surface area contributed by atoms with Crippen molar-refractivity contribution < 1.29 is 10.2 Å². The van der Waals surface area contributed by atoms with E-state index >= 15 is 0 Å². The second kappa shape index (κ2) is 8.23. The highest BCUT2D eigenvalue weighted by Crippen LogP contribution is 2.32.